The Morgan fingerprint density at radius 2 is 1.92 bits per heavy atom. The Labute approximate surface area is 146 Å². The van der Waals surface area contributed by atoms with Gasteiger partial charge in [-0.1, -0.05) is 0 Å². The van der Waals surface area contributed by atoms with Crippen molar-refractivity contribution < 1.29 is 4.74 Å². The summed E-state index contributed by atoms with van der Waals surface area (Å²) in [7, 11) is 1.61. The van der Waals surface area contributed by atoms with Crippen molar-refractivity contribution in [2.45, 2.75) is 20.8 Å². The summed E-state index contributed by atoms with van der Waals surface area (Å²) in [5.74, 6) is 0.817. The lowest BCUT2D eigenvalue weighted by Gasteiger charge is -2.24. The Morgan fingerprint density at radius 1 is 1.20 bits per heavy atom. The number of aromatic amines is 1. The molecule has 0 radical (unpaired) electrons. The first-order valence-electron chi connectivity index (χ1n) is 7.83. The summed E-state index contributed by atoms with van der Waals surface area (Å²) < 4.78 is 5.48. The molecule has 1 aromatic heterocycles. The van der Waals surface area contributed by atoms with E-state index < -0.39 is 0 Å². The van der Waals surface area contributed by atoms with Crippen LogP contribution in [0.4, 0.5) is 17.3 Å². The maximum absolute atomic E-state index is 8.92. The van der Waals surface area contributed by atoms with Crippen LogP contribution in [0.1, 0.15) is 30.8 Å². The number of aromatic nitrogens is 2. The van der Waals surface area contributed by atoms with E-state index in [1.807, 2.05) is 31.2 Å². The first-order chi connectivity index (χ1) is 12.1. The lowest BCUT2D eigenvalue weighted by molar-refractivity contribution is 0.414. The van der Waals surface area contributed by atoms with Crippen LogP contribution in [0.25, 0.3) is 0 Å². The van der Waals surface area contributed by atoms with E-state index >= 15 is 0 Å². The zero-order valence-electron chi connectivity index (χ0n) is 14.7. The fourth-order valence-corrected chi connectivity index (χ4v) is 2.42. The predicted octanol–water partition coefficient (Wildman–Crippen LogP) is 3.73. The normalized spacial score (nSPS) is 10.5. The van der Waals surface area contributed by atoms with Gasteiger partial charge in [0.05, 0.1) is 18.5 Å². The second-order valence-corrected chi connectivity index (χ2v) is 5.19. The minimum atomic E-state index is 0.00244. The zero-order chi connectivity index (χ0) is 18.4. The Balaban J connectivity index is 2.39. The van der Waals surface area contributed by atoms with Crippen LogP contribution in [0.2, 0.25) is 0 Å². The van der Waals surface area contributed by atoms with Gasteiger partial charge in [-0.2, -0.15) is 15.5 Å². The zero-order valence-corrected chi connectivity index (χ0v) is 14.7. The van der Waals surface area contributed by atoms with E-state index in [9.17, 15) is 0 Å². The highest BCUT2D eigenvalue weighted by molar-refractivity contribution is 5.67. The van der Waals surface area contributed by atoms with E-state index in [0.717, 1.165) is 24.3 Å². The van der Waals surface area contributed by atoms with Crippen LogP contribution in [-0.4, -0.2) is 30.2 Å². The van der Waals surface area contributed by atoms with E-state index in [2.05, 4.69) is 38.9 Å². The van der Waals surface area contributed by atoms with E-state index in [1.165, 1.54) is 0 Å². The molecule has 1 N–H and O–H groups in total. The molecular weight excluding hydrogens is 318 g/mol. The van der Waals surface area contributed by atoms with Gasteiger partial charge >= 0.3 is 0 Å². The molecule has 0 saturated carbocycles. The second kappa shape index (κ2) is 7.93. The van der Waals surface area contributed by atoms with Crippen molar-refractivity contribution in [1.82, 2.24) is 9.97 Å². The second-order valence-electron chi connectivity index (χ2n) is 5.19. The summed E-state index contributed by atoms with van der Waals surface area (Å²) >= 11 is 0. The van der Waals surface area contributed by atoms with Gasteiger partial charge in [0.25, 0.3) is 0 Å². The molecule has 0 aliphatic rings. The van der Waals surface area contributed by atoms with Gasteiger partial charge in [-0.25, -0.2) is 0 Å². The molecule has 0 aliphatic heterocycles. The molecule has 0 amide bonds. The smallest absolute Gasteiger partial charge is 0.249 e. The number of methoxy groups -OCH3 is 1. The average molecular weight is 337 g/mol. The SMILES string of the molecule is CCN(CC)c1cc(C)c(N=Nc2nc(C#N)c(C#N)[nH]2)cc1OC. The van der Waals surface area contributed by atoms with Gasteiger partial charge in [0.15, 0.2) is 11.4 Å². The summed E-state index contributed by atoms with van der Waals surface area (Å²) in [5, 5.41) is 26.0. The number of azo groups is 1. The highest BCUT2D eigenvalue weighted by Gasteiger charge is 2.13. The maximum Gasteiger partial charge on any atom is 0.249 e. The summed E-state index contributed by atoms with van der Waals surface area (Å²) in [6.45, 7) is 7.84. The number of anilines is 1. The Bertz CT molecular complexity index is 835. The van der Waals surface area contributed by atoms with Crippen LogP contribution in [0.15, 0.2) is 22.4 Å². The van der Waals surface area contributed by atoms with Gasteiger partial charge in [-0.3, -0.25) is 0 Å². The molecule has 25 heavy (non-hydrogen) atoms. The van der Waals surface area contributed by atoms with Crippen molar-refractivity contribution in [3.05, 3.63) is 29.1 Å². The quantitative estimate of drug-likeness (QED) is 0.807. The molecule has 2 rings (SSSR count). The first kappa shape index (κ1) is 18.0. The minimum Gasteiger partial charge on any atom is -0.495 e. The van der Waals surface area contributed by atoms with Gasteiger partial charge < -0.3 is 14.6 Å². The summed E-state index contributed by atoms with van der Waals surface area (Å²) in [6, 6.07) is 7.51. The molecule has 0 atom stereocenters. The molecule has 0 unspecified atom stereocenters. The van der Waals surface area contributed by atoms with Gasteiger partial charge in [0.1, 0.15) is 17.9 Å². The molecule has 1 heterocycles. The van der Waals surface area contributed by atoms with Gasteiger partial charge in [-0.15, -0.1) is 10.2 Å². The molecule has 0 saturated heterocycles. The largest absolute Gasteiger partial charge is 0.495 e. The number of ether oxygens (including phenoxy) is 1. The molecule has 128 valence electrons. The third-order valence-corrected chi connectivity index (χ3v) is 3.76. The molecule has 8 heteroatoms. The minimum absolute atomic E-state index is 0.00244. The molecule has 0 aliphatic carbocycles. The van der Waals surface area contributed by atoms with Crippen molar-refractivity contribution in [2.24, 2.45) is 10.2 Å². The van der Waals surface area contributed by atoms with Crippen molar-refractivity contribution in [2.75, 3.05) is 25.1 Å². The van der Waals surface area contributed by atoms with Crippen LogP contribution in [0.5, 0.6) is 5.75 Å². The number of benzene rings is 1. The van der Waals surface area contributed by atoms with Crippen LogP contribution < -0.4 is 9.64 Å². The first-order valence-corrected chi connectivity index (χ1v) is 7.83. The molecule has 0 fully saturated rings. The number of nitrogens with zero attached hydrogens (tertiary/aromatic N) is 6. The highest BCUT2D eigenvalue weighted by Crippen LogP contribution is 2.35. The van der Waals surface area contributed by atoms with Gasteiger partial charge in [0, 0.05) is 19.2 Å². The molecular formula is C17H19N7O. The molecule has 8 nitrogen and oxygen atoms in total. The summed E-state index contributed by atoms with van der Waals surface area (Å²) in [5.41, 5.74) is 2.63. The van der Waals surface area contributed by atoms with Gasteiger partial charge in [-0.05, 0) is 32.4 Å². The van der Waals surface area contributed by atoms with Crippen LogP contribution in [0.3, 0.4) is 0 Å². The molecule has 1 aromatic carbocycles. The lowest BCUT2D eigenvalue weighted by Crippen LogP contribution is -2.22. The number of hydrogen-bond acceptors (Lipinski definition) is 7. The maximum atomic E-state index is 8.92. The topological polar surface area (TPSA) is 113 Å². The average Bonchev–Trinajstić information content (AvgIpc) is 3.04. The van der Waals surface area contributed by atoms with Gasteiger partial charge in [0.2, 0.25) is 5.95 Å². The molecule has 2 aromatic rings. The molecule has 0 bridgehead atoms. The van der Waals surface area contributed by atoms with Crippen molar-refractivity contribution in [3.8, 4) is 17.9 Å². The summed E-state index contributed by atoms with van der Waals surface area (Å²) in [4.78, 5) is 8.77. The number of rotatable bonds is 6. The lowest BCUT2D eigenvalue weighted by atomic mass is 10.1. The van der Waals surface area contributed by atoms with Crippen LogP contribution in [-0.2, 0) is 0 Å². The fraction of sp³-hybridized carbons (Fsp3) is 0.353. The van der Waals surface area contributed by atoms with Crippen LogP contribution >= 0.6 is 0 Å². The molecule has 0 spiro atoms. The van der Waals surface area contributed by atoms with E-state index in [0.29, 0.717) is 11.4 Å². The van der Waals surface area contributed by atoms with Crippen molar-refractivity contribution in [3.63, 3.8) is 0 Å². The van der Waals surface area contributed by atoms with Crippen LogP contribution in [0, 0.1) is 29.6 Å². The van der Waals surface area contributed by atoms with Crippen molar-refractivity contribution in [1.29, 1.82) is 10.5 Å². The van der Waals surface area contributed by atoms with Crippen molar-refractivity contribution >= 4 is 17.3 Å². The number of nitrogens with one attached hydrogen (secondary N) is 1. The Kier molecular flexibility index (Phi) is 5.70. The monoisotopic (exact) mass is 337 g/mol. The Morgan fingerprint density at radius 3 is 2.44 bits per heavy atom. The van der Waals surface area contributed by atoms with E-state index in [1.54, 1.807) is 7.11 Å². The highest BCUT2D eigenvalue weighted by atomic mass is 16.5. The van der Waals surface area contributed by atoms with E-state index in [-0.39, 0.29) is 17.3 Å². The number of aryl methyl sites for hydroxylation is 1. The fourth-order valence-electron chi connectivity index (χ4n) is 2.42. The standard InChI is InChI=1S/C17H19N7O/c1-5-24(6-2)15-7-11(3)12(8-16(15)25-4)22-23-17-20-13(9-18)14(10-19)21-17/h7-8H,5-6H2,1-4H3,(H,20,21). The third kappa shape index (κ3) is 3.75. The third-order valence-electron chi connectivity index (χ3n) is 3.76. The van der Waals surface area contributed by atoms with E-state index in [4.69, 9.17) is 15.3 Å². The Hall–Kier alpha value is -3.39. The number of hydrogen-bond donors (Lipinski definition) is 1. The number of imidazole rings is 1. The summed E-state index contributed by atoms with van der Waals surface area (Å²) in [6.07, 6.45) is 0. The predicted molar refractivity (Wildman–Crippen MR) is 93.5 cm³/mol. The number of nitriles is 2. The number of H-pyrrole nitrogens is 1.